The number of halogens is 1. The molecule has 0 N–H and O–H groups in total. The average molecular weight is 389 g/mol. The SMILES string of the molecule is Fc1ccc(SC=CC(=Nc2ccc3c(c2)CCC3)Oc2ccccc2)cc1. The third kappa shape index (κ3) is 4.90. The molecule has 0 bridgehead atoms. The Labute approximate surface area is 168 Å². The molecule has 0 aromatic heterocycles. The van der Waals surface area contributed by atoms with E-state index in [2.05, 4.69) is 12.1 Å². The van der Waals surface area contributed by atoms with E-state index in [1.54, 1.807) is 12.1 Å². The van der Waals surface area contributed by atoms with Crippen LogP contribution in [0, 0.1) is 5.82 Å². The fourth-order valence-corrected chi connectivity index (χ4v) is 3.78. The van der Waals surface area contributed by atoms with Crippen molar-refractivity contribution in [3.05, 3.63) is 101 Å². The number of nitrogens with zero attached hydrogens (tertiary/aromatic N) is 1. The topological polar surface area (TPSA) is 21.6 Å². The molecule has 1 aliphatic rings. The normalized spacial score (nSPS) is 13.7. The zero-order valence-electron chi connectivity index (χ0n) is 15.3. The Kier molecular flexibility index (Phi) is 5.88. The van der Waals surface area contributed by atoms with Gasteiger partial charge in [0.15, 0.2) is 0 Å². The molecular weight excluding hydrogens is 369 g/mol. The smallest absolute Gasteiger partial charge is 0.220 e. The van der Waals surface area contributed by atoms with Crippen molar-refractivity contribution in [1.29, 1.82) is 0 Å². The number of aliphatic imine (C=N–C) groups is 1. The molecule has 0 amide bonds. The van der Waals surface area contributed by atoms with Crippen molar-refractivity contribution < 1.29 is 9.13 Å². The fourth-order valence-electron chi connectivity index (χ4n) is 3.14. The maximum Gasteiger partial charge on any atom is 0.220 e. The van der Waals surface area contributed by atoms with Gasteiger partial charge in [0.2, 0.25) is 5.90 Å². The molecule has 0 unspecified atom stereocenters. The molecule has 3 aromatic carbocycles. The summed E-state index contributed by atoms with van der Waals surface area (Å²) in [5, 5.41) is 1.91. The Morgan fingerprint density at radius 1 is 0.929 bits per heavy atom. The van der Waals surface area contributed by atoms with Crippen LogP contribution in [-0.2, 0) is 12.8 Å². The lowest BCUT2D eigenvalue weighted by Crippen LogP contribution is -2.04. The molecule has 140 valence electrons. The maximum absolute atomic E-state index is 13.0. The standard InChI is InChI=1S/C24H20FNOS/c25-20-10-13-23(14-11-20)28-16-15-24(27-22-7-2-1-3-8-22)26-21-12-9-18-5-4-6-19(18)17-21/h1-3,7-17H,4-6H2. The molecule has 1 aliphatic carbocycles. The molecule has 0 radical (unpaired) electrons. The van der Waals surface area contributed by atoms with Crippen LogP contribution < -0.4 is 4.74 Å². The van der Waals surface area contributed by atoms with E-state index < -0.39 is 0 Å². The van der Waals surface area contributed by atoms with Crippen LogP contribution in [0.3, 0.4) is 0 Å². The summed E-state index contributed by atoms with van der Waals surface area (Å²) in [6.45, 7) is 0. The van der Waals surface area contributed by atoms with E-state index >= 15 is 0 Å². The zero-order valence-corrected chi connectivity index (χ0v) is 16.2. The molecule has 0 heterocycles. The van der Waals surface area contributed by atoms with E-state index in [4.69, 9.17) is 9.73 Å². The highest BCUT2D eigenvalue weighted by Gasteiger charge is 2.11. The Morgan fingerprint density at radius 3 is 2.54 bits per heavy atom. The van der Waals surface area contributed by atoms with Crippen LogP contribution in [0.25, 0.3) is 0 Å². The third-order valence-corrected chi connectivity index (χ3v) is 5.33. The first-order valence-electron chi connectivity index (χ1n) is 9.28. The first-order valence-corrected chi connectivity index (χ1v) is 10.2. The molecule has 3 aromatic rings. The van der Waals surface area contributed by atoms with E-state index in [0.717, 1.165) is 29.2 Å². The van der Waals surface area contributed by atoms with E-state index in [-0.39, 0.29) is 5.82 Å². The summed E-state index contributed by atoms with van der Waals surface area (Å²) in [6, 6.07) is 22.4. The predicted molar refractivity (Wildman–Crippen MR) is 114 cm³/mol. The number of para-hydroxylation sites is 1. The van der Waals surface area contributed by atoms with E-state index in [9.17, 15) is 4.39 Å². The van der Waals surface area contributed by atoms with E-state index in [1.807, 2.05) is 47.9 Å². The van der Waals surface area contributed by atoms with Gasteiger partial charge >= 0.3 is 0 Å². The van der Waals surface area contributed by atoms with Crippen molar-refractivity contribution in [1.82, 2.24) is 0 Å². The largest absolute Gasteiger partial charge is 0.439 e. The predicted octanol–water partition coefficient (Wildman–Crippen LogP) is 6.73. The summed E-state index contributed by atoms with van der Waals surface area (Å²) < 4.78 is 19.0. The quantitative estimate of drug-likeness (QED) is 0.274. The number of fused-ring (bicyclic) bond motifs is 1. The van der Waals surface area contributed by atoms with Gasteiger partial charge in [-0.15, -0.1) is 0 Å². The van der Waals surface area contributed by atoms with E-state index in [0.29, 0.717) is 5.90 Å². The van der Waals surface area contributed by atoms with Crippen LogP contribution in [0.4, 0.5) is 10.1 Å². The second-order valence-electron chi connectivity index (χ2n) is 6.55. The highest BCUT2D eigenvalue weighted by molar-refractivity contribution is 8.02. The second kappa shape index (κ2) is 8.89. The second-order valence-corrected chi connectivity index (χ2v) is 7.53. The molecule has 0 atom stereocenters. The molecule has 0 saturated carbocycles. The first kappa shape index (κ1) is 18.5. The van der Waals surface area contributed by atoms with Crippen LogP contribution in [0.2, 0.25) is 0 Å². The average Bonchev–Trinajstić information content (AvgIpc) is 3.18. The fraction of sp³-hybridized carbons (Fsp3) is 0.125. The summed E-state index contributed by atoms with van der Waals surface area (Å²) in [4.78, 5) is 5.66. The molecular formula is C24H20FNOS. The van der Waals surface area contributed by atoms with Crippen molar-refractivity contribution in [3.8, 4) is 5.75 Å². The number of rotatable bonds is 5. The van der Waals surface area contributed by atoms with Gasteiger partial charge in [0.1, 0.15) is 11.6 Å². The molecule has 2 nitrogen and oxygen atoms in total. The van der Waals surface area contributed by atoms with Gasteiger partial charge < -0.3 is 4.74 Å². The molecule has 4 rings (SSSR count). The summed E-state index contributed by atoms with van der Waals surface area (Å²) in [6.07, 6.45) is 5.32. The van der Waals surface area contributed by atoms with Crippen LogP contribution in [0.1, 0.15) is 17.5 Å². The van der Waals surface area contributed by atoms with Gasteiger partial charge in [-0.25, -0.2) is 9.38 Å². The van der Waals surface area contributed by atoms with Crippen molar-refractivity contribution in [2.75, 3.05) is 0 Å². The molecule has 4 heteroatoms. The van der Waals surface area contributed by atoms with Gasteiger partial charge in [0, 0.05) is 11.0 Å². The third-order valence-electron chi connectivity index (χ3n) is 4.52. The Morgan fingerprint density at radius 2 is 1.71 bits per heavy atom. The lowest BCUT2D eigenvalue weighted by atomic mass is 10.1. The number of benzene rings is 3. The van der Waals surface area contributed by atoms with Gasteiger partial charge in [-0.05, 0) is 84.3 Å². The van der Waals surface area contributed by atoms with Crippen molar-refractivity contribution in [3.63, 3.8) is 0 Å². The highest BCUT2D eigenvalue weighted by atomic mass is 32.2. The molecule has 0 aliphatic heterocycles. The zero-order chi connectivity index (χ0) is 19.2. The van der Waals surface area contributed by atoms with Gasteiger partial charge in [-0.3, -0.25) is 0 Å². The van der Waals surface area contributed by atoms with Gasteiger partial charge in [0.05, 0.1) is 5.69 Å². The minimum atomic E-state index is -0.236. The molecule has 28 heavy (non-hydrogen) atoms. The van der Waals surface area contributed by atoms with Crippen molar-refractivity contribution in [2.24, 2.45) is 4.99 Å². The Balaban J connectivity index is 1.56. The molecule has 0 saturated heterocycles. The number of aryl methyl sites for hydroxylation is 2. The van der Waals surface area contributed by atoms with Gasteiger partial charge in [-0.1, -0.05) is 36.0 Å². The Bertz CT molecular complexity index is 997. The van der Waals surface area contributed by atoms with Gasteiger partial charge in [-0.2, -0.15) is 0 Å². The minimum absolute atomic E-state index is 0.236. The van der Waals surface area contributed by atoms with Crippen LogP contribution in [-0.4, -0.2) is 5.90 Å². The lowest BCUT2D eigenvalue weighted by Gasteiger charge is -2.07. The van der Waals surface area contributed by atoms with Crippen LogP contribution in [0.5, 0.6) is 5.75 Å². The number of thioether (sulfide) groups is 1. The number of hydrogen-bond donors (Lipinski definition) is 0. The first-order chi connectivity index (χ1) is 13.8. The van der Waals surface area contributed by atoms with E-state index in [1.165, 1.54) is 41.4 Å². The number of hydrogen-bond acceptors (Lipinski definition) is 3. The minimum Gasteiger partial charge on any atom is -0.439 e. The number of ether oxygens (including phenoxy) is 1. The van der Waals surface area contributed by atoms with Crippen molar-refractivity contribution in [2.45, 2.75) is 24.2 Å². The highest BCUT2D eigenvalue weighted by Crippen LogP contribution is 2.27. The summed E-state index contributed by atoms with van der Waals surface area (Å²) >= 11 is 1.49. The summed E-state index contributed by atoms with van der Waals surface area (Å²) in [7, 11) is 0. The Hall–Kier alpha value is -2.85. The summed E-state index contributed by atoms with van der Waals surface area (Å²) in [5.41, 5.74) is 3.69. The van der Waals surface area contributed by atoms with Crippen molar-refractivity contribution >= 4 is 23.3 Å². The molecule has 0 spiro atoms. The van der Waals surface area contributed by atoms with Crippen LogP contribution >= 0.6 is 11.8 Å². The lowest BCUT2D eigenvalue weighted by molar-refractivity contribution is 0.556. The van der Waals surface area contributed by atoms with Crippen LogP contribution in [0.15, 0.2) is 94.2 Å². The van der Waals surface area contributed by atoms with Gasteiger partial charge in [0.25, 0.3) is 0 Å². The maximum atomic E-state index is 13.0. The monoisotopic (exact) mass is 389 g/mol. The summed E-state index contributed by atoms with van der Waals surface area (Å²) in [5.74, 6) is 1.01. The molecule has 0 fully saturated rings.